The van der Waals surface area contributed by atoms with Crippen molar-refractivity contribution in [2.45, 2.75) is 103 Å². The first-order valence-corrected chi connectivity index (χ1v) is 25.5. The van der Waals surface area contributed by atoms with Crippen LogP contribution in [-0.4, -0.2) is 120 Å². The lowest BCUT2D eigenvalue weighted by molar-refractivity contribution is -0.153. The number of ether oxygens (including phenoxy) is 3. The second-order valence-corrected chi connectivity index (χ2v) is 18.4. The van der Waals surface area contributed by atoms with E-state index in [0.29, 0.717) is 54.8 Å². The topological polar surface area (TPSA) is 311 Å². The Balaban J connectivity index is 1.96. The van der Waals surface area contributed by atoms with Crippen LogP contribution in [0.25, 0.3) is 0 Å². The Morgan fingerprint density at radius 2 is 0.959 bits per heavy atom. The monoisotopic (exact) mass is 1050 g/mol. The predicted molar refractivity (Wildman–Crippen MR) is 278 cm³/mol. The average molecular weight is 1050 g/mol. The number of esters is 3. The number of halogens is 1. The van der Waals surface area contributed by atoms with E-state index in [2.05, 4.69) is 31.9 Å². The molecule has 0 aliphatic heterocycles. The molecule has 3 rings (SSSR count). The zero-order valence-electron chi connectivity index (χ0n) is 41.9. The molecule has 402 valence electrons. The van der Waals surface area contributed by atoms with Crippen molar-refractivity contribution in [2.24, 2.45) is 11.8 Å². The molecule has 10 N–H and O–H groups in total. The van der Waals surface area contributed by atoms with Gasteiger partial charge in [-0.1, -0.05) is 91.0 Å². The first kappa shape index (κ1) is 60.9. The Kier molecular flexibility index (Phi) is 28.7. The number of rotatable bonds is 35. The number of hydrogen-bond donors (Lipinski definition) is 10. The molecule has 74 heavy (non-hydrogen) atoms. The Morgan fingerprint density at radius 3 is 1.38 bits per heavy atom. The summed E-state index contributed by atoms with van der Waals surface area (Å²) in [5, 5.41) is 49.6. The molecule has 0 aromatic heterocycles. The van der Waals surface area contributed by atoms with E-state index < -0.39 is 91.1 Å². The van der Waals surface area contributed by atoms with Gasteiger partial charge in [-0.15, -0.1) is 0 Å². The van der Waals surface area contributed by atoms with Crippen LogP contribution in [0.2, 0.25) is 0 Å². The first-order chi connectivity index (χ1) is 35.6. The fourth-order valence-corrected chi connectivity index (χ4v) is 8.05. The third kappa shape index (κ3) is 25.3. The third-order valence-electron chi connectivity index (χ3n) is 11.1. The van der Waals surface area contributed by atoms with Gasteiger partial charge in [0, 0.05) is 44.0 Å². The van der Waals surface area contributed by atoms with Crippen molar-refractivity contribution < 1.29 is 57.3 Å². The van der Waals surface area contributed by atoms with Gasteiger partial charge in [-0.25, -0.2) is 18.8 Å². The summed E-state index contributed by atoms with van der Waals surface area (Å²) in [6.45, 7) is 2.62. The zero-order valence-corrected chi connectivity index (χ0v) is 42.7. The number of aliphatic carboxylic acids is 1. The number of hydrogen-bond acceptors (Lipinski definition) is 14. The molecule has 3 aromatic rings. The molecule has 0 heterocycles. The number of alkyl halides is 1. The molecule has 0 saturated carbocycles. The van der Waals surface area contributed by atoms with Crippen molar-refractivity contribution in [1.82, 2.24) is 31.9 Å². The van der Waals surface area contributed by atoms with E-state index in [1.807, 2.05) is 0 Å². The highest BCUT2D eigenvalue weighted by Gasteiger charge is 2.40. The van der Waals surface area contributed by atoms with Crippen molar-refractivity contribution in [2.75, 3.05) is 37.8 Å². The van der Waals surface area contributed by atoms with Gasteiger partial charge in [0.2, 0.25) is 17.7 Å². The Morgan fingerprint density at radius 1 is 0.554 bits per heavy atom. The fraction of sp³-hybridized carbons (Fsp3) is 0.462. The van der Waals surface area contributed by atoms with Crippen LogP contribution in [-0.2, 0) is 67.6 Å². The number of benzene rings is 3. The smallest absolute Gasteiger partial charge is 0.329 e. The second-order valence-electron chi connectivity index (χ2n) is 17.2. The number of carboxylic acids is 1. The van der Waals surface area contributed by atoms with E-state index in [1.165, 1.54) is 11.8 Å². The molecule has 3 aromatic carbocycles. The number of carboxylic acid groups (broad SMARTS) is 1. The molecule has 20 nitrogen and oxygen atoms in total. The largest absolute Gasteiger partial charge is 0.481 e. The highest BCUT2D eigenvalue weighted by atomic mass is 32.2. The minimum atomic E-state index is -1.95. The van der Waals surface area contributed by atoms with E-state index in [-0.39, 0.29) is 68.9 Å². The number of carbonyl (C=O) groups excluding carboxylic acids is 6. The predicted octanol–water partition coefficient (Wildman–Crippen LogP) is 4.55. The lowest BCUT2D eigenvalue weighted by Gasteiger charge is -2.27. The number of nitrogens with one attached hydrogen (secondary N) is 9. The van der Waals surface area contributed by atoms with Crippen molar-refractivity contribution >= 4 is 70.9 Å². The zero-order chi connectivity index (χ0) is 54.1. The van der Waals surface area contributed by atoms with Gasteiger partial charge in [-0.05, 0) is 69.1 Å². The highest BCUT2D eigenvalue weighted by Crippen LogP contribution is 2.23. The Hall–Kier alpha value is -7.36. The maximum atomic E-state index is 14.6. The quantitative estimate of drug-likeness (QED) is 0.0127. The summed E-state index contributed by atoms with van der Waals surface area (Å²) < 4.78 is 29.5. The Labute approximate surface area is 435 Å². The van der Waals surface area contributed by atoms with E-state index in [9.17, 15) is 43.1 Å². The molecule has 22 heteroatoms. The summed E-state index contributed by atoms with van der Waals surface area (Å²) in [4.78, 5) is 96.8. The van der Waals surface area contributed by atoms with Crippen LogP contribution in [0.3, 0.4) is 0 Å². The van der Waals surface area contributed by atoms with E-state index in [4.69, 9.17) is 30.4 Å². The normalized spacial score (nSPS) is 12.7. The molecule has 0 bridgehead atoms. The van der Waals surface area contributed by atoms with E-state index >= 15 is 0 Å². The highest BCUT2D eigenvalue weighted by molar-refractivity contribution is 7.99. The Bertz CT molecular complexity index is 2280. The van der Waals surface area contributed by atoms with Crippen molar-refractivity contribution in [3.8, 4) is 0 Å². The van der Waals surface area contributed by atoms with Crippen LogP contribution in [0, 0.1) is 28.1 Å². The summed E-state index contributed by atoms with van der Waals surface area (Å²) in [5.74, 6) is -10.6. The minimum Gasteiger partial charge on any atom is -0.481 e. The standard InChI is InChI=1S/C52H70FN9O11S/c1-35(54)57-24-14-12-22-43(51(69)72-32-38-18-8-4-9-19-38)61-47(64)29-41(49(66)67)40(48(65)62-44(34-74-27-26-58-36(2)55)52(70)73-33-39-20-10-5-11-21-39)28-46(63)60-42(23-13-15-25-59-45(56)30-53)50(68)71-31-37-16-6-3-7-17-37/h3-11,16-21,40-44H,12-15,22-34H2,1-2H3,(H2,54,57)(H2,55,58)(H2,56,59)(H,60,63)(H,61,64)(H,62,65)(H,66,67). The summed E-state index contributed by atoms with van der Waals surface area (Å²) in [6, 6.07) is 22.3. The van der Waals surface area contributed by atoms with Gasteiger partial charge in [0.1, 0.15) is 50.5 Å². The van der Waals surface area contributed by atoms with Crippen LogP contribution < -0.4 is 31.9 Å². The van der Waals surface area contributed by atoms with Gasteiger partial charge in [0.15, 0.2) is 0 Å². The van der Waals surface area contributed by atoms with Crippen molar-refractivity contribution in [3.63, 3.8) is 0 Å². The number of unbranched alkanes of at least 4 members (excludes halogenated alkanes) is 2. The maximum absolute atomic E-state index is 14.6. The SMILES string of the molecule is CC(=N)NCCCCC(NC(=O)CC(C(=O)O)C(CC(=O)NC(CCCCNC(=N)CF)C(=O)OCc1ccccc1)C(=O)NC(CSCCNC(C)=N)C(=O)OCc1ccccc1)C(=O)OCc1ccccc1. The van der Waals surface area contributed by atoms with Crippen molar-refractivity contribution in [3.05, 3.63) is 108 Å². The summed E-state index contributed by atoms with van der Waals surface area (Å²) in [5.41, 5.74) is 1.97. The molecular weight excluding hydrogens is 978 g/mol. The van der Waals surface area contributed by atoms with Crippen LogP contribution in [0.1, 0.15) is 81.9 Å². The maximum Gasteiger partial charge on any atom is 0.329 e. The third-order valence-corrected chi connectivity index (χ3v) is 12.1. The average Bonchev–Trinajstić information content (AvgIpc) is 3.38. The molecule has 5 unspecified atom stereocenters. The second kappa shape index (κ2) is 34.9. The molecule has 0 aliphatic rings. The lowest BCUT2D eigenvalue weighted by Crippen LogP contribution is -2.51. The molecule has 5 atom stereocenters. The van der Waals surface area contributed by atoms with Crippen LogP contribution in [0.15, 0.2) is 91.0 Å². The molecule has 0 fully saturated rings. The summed E-state index contributed by atoms with van der Waals surface area (Å²) >= 11 is 1.22. The van der Waals surface area contributed by atoms with Crippen molar-refractivity contribution in [1.29, 1.82) is 16.2 Å². The van der Waals surface area contributed by atoms with Gasteiger partial charge in [0.25, 0.3) is 0 Å². The van der Waals surface area contributed by atoms with Crippen LogP contribution >= 0.6 is 11.8 Å². The minimum absolute atomic E-state index is 0.0106. The van der Waals surface area contributed by atoms with E-state index in [1.54, 1.807) is 105 Å². The van der Waals surface area contributed by atoms with Crippen LogP contribution in [0.5, 0.6) is 0 Å². The van der Waals surface area contributed by atoms with Gasteiger partial charge >= 0.3 is 23.9 Å². The molecule has 0 saturated heterocycles. The van der Waals surface area contributed by atoms with Crippen LogP contribution in [0.4, 0.5) is 4.39 Å². The van der Waals surface area contributed by atoms with Gasteiger partial charge < -0.3 is 51.2 Å². The summed E-state index contributed by atoms with van der Waals surface area (Å²) in [6.07, 6.45) is -0.279. The molecule has 0 spiro atoms. The lowest BCUT2D eigenvalue weighted by atomic mass is 9.85. The summed E-state index contributed by atoms with van der Waals surface area (Å²) in [7, 11) is 0. The van der Waals surface area contributed by atoms with Gasteiger partial charge in [-0.3, -0.25) is 35.4 Å². The fourth-order valence-electron chi connectivity index (χ4n) is 7.18. The number of carbonyl (C=O) groups is 7. The molecular formula is C52H70FN9O11S. The molecule has 3 amide bonds. The number of amides is 3. The van der Waals surface area contributed by atoms with E-state index in [0.717, 1.165) is 0 Å². The first-order valence-electron chi connectivity index (χ1n) is 24.3. The molecule has 0 radical (unpaired) electrons. The van der Waals surface area contributed by atoms with Gasteiger partial charge in [0.05, 0.1) is 23.5 Å². The number of thioether (sulfide) groups is 1. The van der Waals surface area contributed by atoms with Gasteiger partial charge in [-0.2, -0.15) is 11.8 Å². The molecule has 0 aliphatic carbocycles. The number of amidine groups is 3.